The number of carbonyl (C=O) groups is 3. The van der Waals surface area contributed by atoms with E-state index in [1.165, 1.54) is 13.2 Å². The van der Waals surface area contributed by atoms with Crippen LogP contribution in [0.4, 0.5) is 10.5 Å². The molecule has 34 heavy (non-hydrogen) atoms. The van der Waals surface area contributed by atoms with Gasteiger partial charge in [0.15, 0.2) is 5.69 Å². The van der Waals surface area contributed by atoms with Crippen molar-refractivity contribution in [3.63, 3.8) is 0 Å². The Hall–Kier alpha value is -4.14. The molecule has 1 heterocycles. The number of alkyl carbamates (subject to hydrolysis) is 1. The molecule has 9 heteroatoms. The van der Waals surface area contributed by atoms with Crippen molar-refractivity contribution >= 4 is 23.7 Å². The maximum Gasteiger partial charge on any atom is 0.407 e. The van der Waals surface area contributed by atoms with Crippen molar-refractivity contribution in [3.8, 4) is 11.1 Å². The first kappa shape index (κ1) is 23.0. The zero-order valence-corrected chi connectivity index (χ0v) is 19.1. The molecule has 0 spiro atoms. The largest absolute Gasteiger partial charge is 0.476 e. The first-order valence-electron chi connectivity index (χ1n) is 11.0. The summed E-state index contributed by atoms with van der Waals surface area (Å²) in [4.78, 5) is 37.0. The number of carbonyl (C=O) groups excluding carboxylic acids is 2. The summed E-state index contributed by atoms with van der Waals surface area (Å²) < 4.78 is 6.70. The Balaban J connectivity index is 1.43. The third-order valence-corrected chi connectivity index (χ3v) is 5.97. The standard InChI is InChI=1S/C25H26N4O5/c1-14(2)21(23(30)27-20-12-26-29(3)22(20)24(31)32)28-25(33)34-13-19-17-10-6-4-8-15(17)16-9-5-7-11-18(16)19/h4-12,14,19,21H,13H2,1-3H3,(H,27,30)(H,28,33)(H,31,32). The number of aryl methyl sites for hydroxylation is 1. The lowest BCUT2D eigenvalue weighted by molar-refractivity contribution is -0.119. The van der Waals surface area contributed by atoms with Crippen LogP contribution >= 0.6 is 0 Å². The van der Waals surface area contributed by atoms with E-state index in [-0.39, 0.29) is 29.8 Å². The van der Waals surface area contributed by atoms with Gasteiger partial charge in [-0.1, -0.05) is 62.4 Å². The summed E-state index contributed by atoms with van der Waals surface area (Å²) in [6.45, 7) is 3.67. The summed E-state index contributed by atoms with van der Waals surface area (Å²) in [6.07, 6.45) is 0.534. The topological polar surface area (TPSA) is 123 Å². The van der Waals surface area contributed by atoms with Crippen molar-refractivity contribution in [1.29, 1.82) is 0 Å². The predicted molar refractivity (Wildman–Crippen MR) is 126 cm³/mol. The fourth-order valence-electron chi connectivity index (χ4n) is 4.30. The molecule has 0 radical (unpaired) electrons. The van der Waals surface area contributed by atoms with Crippen molar-refractivity contribution < 1.29 is 24.2 Å². The van der Waals surface area contributed by atoms with Crippen LogP contribution in [0.25, 0.3) is 11.1 Å². The van der Waals surface area contributed by atoms with Gasteiger partial charge in [-0.15, -0.1) is 0 Å². The number of aromatic carboxylic acids is 1. The lowest BCUT2D eigenvalue weighted by atomic mass is 9.98. The molecule has 0 fully saturated rings. The highest BCUT2D eigenvalue weighted by atomic mass is 16.5. The van der Waals surface area contributed by atoms with Gasteiger partial charge in [-0.2, -0.15) is 5.10 Å². The summed E-state index contributed by atoms with van der Waals surface area (Å²) in [5.41, 5.74) is 4.33. The zero-order valence-electron chi connectivity index (χ0n) is 19.1. The average molecular weight is 463 g/mol. The number of hydrogen-bond acceptors (Lipinski definition) is 5. The summed E-state index contributed by atoms with van der Waals surface area (Å²) in [7, 11) is 1.47. The summed E-state index contributed by atoms with van der Waals surface area (Å²) in [5, 5.41) is 18.4. The molecule has 1 aliphatic carbocycles. The number of amides is 2. The number of anilines is 1. The van der Waals surface area contributed by atoms with Crippen LogP contribution in [0.3, 0.4) is 0 Å². The first-order valence-corrected chi connectivity index (χ1v) is 11.0. The van der Waals surface area contributed by atoms with Gasteiger partial charge in [-0.3, -0.25) is 9.48 Å². The molecule has 2 aromatic carbocycles. The molecule has 1 aliphatic rings. The van der Waals surface area contributed by atoms with Crippen LogP contribution in [-0.4, -0.2) is 45.5 Å². The van der Waals surface area contributed by atoms with E-state index in [9.17, 15) is 19.5 Å². The normalized spacial score (nSPS) is 13.2. The number of nitrogens with one attached hydrogen (secondary N) is 2. The molecule has 0 bridgehead atoms. The smallest absolute Gasteiger partial charge is 0.407 e. The molecule has 3 aromatic rings. The Bertz CT molecular complexity index is 1200. The van der Waals surface area contributed by atoms with Gasteiger partial charge >= 0.3 is 12.1 Å². The molecule has 9 nitrogen and oxygen atoms in total. The lowest BCUT2D eigenvalue weighted by Crippen LogP contribution is -2.47. The van der Waals surface area contributed by atoms with Crippen LogP contribution in [0.5, 0.6) is 0 Å². The molecule has 2 amide bonds. The number of hydrogen-bond donors (Lipinski definition) is 3. The highest BCUT2D eigenvalue weighted by Gasteiger charge is 2.31. The minimum Gasteiger partial charge on any atom is -0.476 e. The van der Waals surface area contributed by atoms with Gasteiger partial charge in [-0.25, -0.2) is 9.59 Å². The summed E-state index contributed by atoms with van der Waals surface area (Å²) >= 11 is 0. The first-order chi connectivity index (χ1) is 16.3. The number of ether oxygens (including phenoxy) is 1. The Kier molecular flexibility index (Phi) is 6.36. The molecule has 0 aliphatic heterocycles. The van der Waals surface area contributed by atoms with Crippen LogP contribution < -0.4 is 10.6 Å². The molecular formula is C25H26N4O5. The van der Waals surface area contributed by atoms with Crippen molar-refractivity contribution in [2.45, 2.75) is 25.8 Å². The third kappa shape index (κ3) is 4.36. The van der Waals surface area contributed by atoms with Crippen LogP contribution in [0, 0.1) is 5.92 Å². The fourth-order valence-corrected chi connectivity index (χ4v) is 4.30. The maximum atomic E-state index is 12.9. The number of carboxylic acids is 1. The Morgan fingerprint density at radius 3 is 2.21 bits per heavy atom. The molecule has 1 aromatic heterocycles. The Morgan fingerprint density at radius 1 is 1.06 bits per heavy atom. The molecular weight excluding hydrogens is 436 g/mol. The van der Waals surface area contributed by atoms with Gasteiger partial charge in [0.05, 0.1) is 11.9 Å². The number of benzene rings is 2. The maximum absolute atomic E-state index is 12.9. The number of carboxylic acid groups (broad SMARTS) is 1. The fraction of sp³-hybridized carbons (Fsp3) is 0.280. The van der Waals surface area contributed by atoms with Crippen LogP contribution in [0.15, 0.2) is 54.7 Å². The molecule has 3 N–H and O–H groups in total. The summed E-state index contributed by atoms with van der Waals surface area (Å²) in [5.74, 6) is -2.15. The van der Waals surface area contributed by atoms with Crippen molar-refractivity contribution in [2.75, 3.05) is 11.9 Å². The van der Waals surface area contributed by atoms with Gasteiger partial charge in [-0.05, 0) is 28.2 Å². The SMILES string of the molecule is CC(C)C(NC(=O)OCC1c2ccccc2-c2ccccc21)C(=O)Nc1cnn(C)c1C(=O)O. The van der Waals surface area contributed by atoms with E-state index < -0.39 is 24.0 Å². The summed E-state index contributed by atoms with van der Waals surface area (Å²) in [6, 6.07) is 15.1. The average Bonchev–Trinajstić information content (AvgIpc) is 3.33. The highest BCUT2D eigenvalue weighted by molar-refractivity contribution is 6.02. The van der Waals surface area contributed by atoms with Crippen LogP contribution in [-0.2, 0) is 16.6 Å². The van der Waals surface area contributed by atoms with E-state index in [0.717, 1.165) is 26.9 Å². The van der Waals surface area contributed by atoms with Crippen molar-refractivity contribution in [2.24, 2.45) is 13.0 Å². The van der Waals surface area contributed by atoms with Gasteiger partial charge < -0.3 is 20.5 Å². The quantitative estimate of drug-likeness (QED) is 0.493. The van der Waals surface area contributed by atoms with E-state index in [1.807, 2.05) is 36.4 Å². The second-order valence-electron chi connectivity index (χ2n) is 8.52. The Morgan fingerprint density at radius 2 is 1.65 bits per heavy atom. The second-order valence-corrected chi connectivity index (χ2v) is 8.52. The molecule has 0 saturated heterocycles. The number of rotatable bonds is 7. The lowest BCUT2D eigenvalue weighted by Gasteiger charge is -2.22. The van der Waals surface area contributed by atoms with E-state index >= 15 is 0 Å². The third-order valence-electron chi connectivity index (χ3n) is 5.97. The molecule has 4 rings (SSSR count). The van der Waals surface area contributed by atoms with Gasteiger partial charge in [0.1, 0.15) is 12.6 Å². The van der Waals surface area contributed by atoms with Crippen LogP contribution in [0.1, 0.15) is 41.4 Å². The molecule has 1 unspecified atom stereocenters. The van der Waals surface area contributed by atoms with Gasteiger partial charge in [0.2, 0.25) is 5.91 Å². The number of nitrogens with zero attached hydrogens (tertiary/aromatic N) is 2. The van der Waals surface area contributed by atoms with E-state index in [0.29, 0.717) is 0 Å². The predicted octanol–water partition coefficient (Wildman–Crippen LogP) is 3.62. The van der Waals surface area contributed by atoms with Gasteiger partial charge in [0.25, 0.3) is 0 Å². The number of aromatic nitrogens is 2. The Labute approximate surface area is 196 Å². The molecule has 1 atom stereocenters. The molecule has 0 saturated carbocycles. The van der Waals surface area contributed by atoms with E-state index in [2.05, 4.69) is 27.9 Å². The monoisotopic (exact) mass is 462 g/mol. The van der Waals surface area contributed by atoms with Crippen LogP contribution in [0.2, 0.25) is 0 Å². The van der Waals surface area contributed by atoms with Gasteiger partial charge in [0, 0.05) is 13.0 Å². The minimum absolute atomic E-state index is 0.0555. The number of fused-ring (bicyclic) bond motifs is 3. The minimum atomic E-state index is -1.22. The van der Waals surface area contributed by atoms with Crippen molar-refractivity contribution in [3.05, 3.63) is 71.5 Å². The van der Waals surface area contributed by atoms with E-state index in [4.69, 9.17) is 4.74 Å². The second kappa shape index (κ2) is 9.38. The highest BCUT2D eigenvalue weighted by Crippen LogP contribution is 2.44. The van der Waals surface area contributed by atoms with Crippen molar-refractivity contribution in [1.82, 2.24) is 15.1 Å². The molecule has 176 valence electrons. The zero-order chi connectivity index (χ0) is 24.4. The van der Waals surface area contributed by atoms with E-state index in [1.54, 1.807) is 13.8 Å².